The fraction of sp³-hybridized carbons (Fsp3) is 0.467. The Hall–Kier alpha value is -2.44. The summed E-state index contributed by atoms with van der Waals surface area (Å²) >= 11 is 0. The fourth-order valence-corrected chi connectivity index (χ4v) is 2.67. The number of aryl methyl sites for hydroxylation is 1. The topological polar surface area (TPSA) is 67.2 Å². The number of piperazine rings is 1. The maximum Gasteiger partial charge on any atom is 0.222 e. The molecule has 116 valence electrons. The molecule has 0 atom stereocenters. The molecule has 0 aliphatic carbocycles. The SMILES string of the molecule is CCC(=O)N1CCN(c2cc(-n3ccnc3C)ncn2)CC1. The fourth-order valence-electron chi connectivity index (χ4n) is 2.67. The van der Waals surface area contributed by atoms with Gasteiger partial charge in [0.25, 0.3) is 0 Å². The molecule has 2 aromatic rings. The first-order valence-corrected chi connectivity index (χ1v) is 7.54. The first-order chi connectivity index (χ1) is 10.7. The molecule has 1 aliphatic heterocycles. The van der Waals surface area contributed by atoms with E-state index in [2.05, 4.69) is 19.9 Å². The summed E-state index contributed by atoms with van der Waals surface area (Å²) in [5.41, 5.74) is 0. The number of hydrogen-bond acceptors (Lipinski definition) is 5. The summed E-state index contributed by atoms with van der Waals surface area (Å²) in [4.78, 5) is 28.7. The van der Waals surface area contributed by atoms with E-state index < -0.39 is 0 Å². The number of imidazole rings is 1. The van der Waals surface area contributed by atoms with Gasteiger partial charge in [0.05, 0.1) is 0 Å². The molecule has 0 spiro atoms. The van der Waals surface area contributed by atoms with Crippen LogP contribution in [0.4, 0.5) is 5.82 Å². The Morgan fingerprint density at radius 3 is 2.50 bits per heavy atom. The highest BCUT2D eigenvalue weighted by Crippen LogP contribution is 2.17. The van der Waals surface area contributed by atoms with Crippen LogP contribution in [-0.4, -0.2) is 56.5 Å². The van der Waals surface area contributed by atoms with Gasteiger partial charge in [0.15, 0.2) is 0 Å². The smallest absolute Gasteiger partial charge is 0.222 e. The molecule has 1 amide bonds. The molecule has 1 fully saturated rings. The Morgan fingerprint density at radius 2 is 1.86 bits per heavy atom. The summed E-state index contributed by atoms with van der Waals surface area (Å²) in [6.07, 6.45) is 5.79. The first-order valence-electron chi connectivity index (χ1n) is 7.54. The molecule has 22 heavy (non-hydrogen) atoms. The van der Waals surface area contributed by atoms with E-state index in [0.29, 0.717) is 6.42 Å². The van der Waals surface area contributed by atoms with Gasteiger partial charge < -0.3 is 9.80 Å². The number of amides is 1. The van der Waals surface area contributed by atoms with Crippen LogP contribution >= 0.6 is 0 Å². The normalized spacial score (nSPS) is 15.2. The molecule has 1 saturated heterocycles. The van der Waals surface area contributed by atoms with E-state index in [-0.39, 0.29) is 5.91 Å². The van der Waals surface area contributed by atoms with Crippen LogP contribution in [0.1, 0.15) is 19.2 Å². The average Bonchev–Trinajstić information content (AvgIpc) is 3.00. The summed E-state index contributed by atoms with van der Waals surface area (Å²) in [6, 6.07) is 1.96. The Morgan fingerprint density at radius 1 is 1.14 bits per heavy atom. The van der Waals surface area contributed by atoms with E-state index in [4.69, 9.17) is 0 Å². The zero-order chi connectivity index (χ0) is 15.5. The van der Waals surface area contributed by atoms with Gasteiger partial charge in [0, 0.05) is 51.1 Å². The van der Waals surface area contributed by atoms with Crippen molar-refractivity contribution < 1.29 is 4.79 Å². The highest BCUT2D eigenvalue weighted by Gasteiger charge is 2.21. The lowest BCUT2D eigenvalue weighted by Gasteiger charge is -2.35. The highest BCUT2D eigenvalue weighted by molar-refractivity contribution is 5.76. The Labute approximate surface area is 129 Å². The largest absolute Gasteiger partial charge is 0.353 e. The van der Waals surface area contributed by atoms with Crippen LogP contribution in [0.5, 0.6) is 0 Å². The summed E-state index contributed by atoms with van der Waals surface area (Å²) in [5.74, 6) is 2.81. The highest BCUT2D eigenvalue weighted by atomic mass is 16.2. The number of anilines is 1. The maximum atomic E-state index is 11.7. The van der Waals surface area contributed by atoms with Crippen LogP contribution in [0.25, 0.3) is 5.82 Å². The third kappa shape index (κ3) is 2.79. The predicted octanol–water partition coefficient (Wildman–Crippen LogP) is 1.03. The number of aromatic nitrogens is 4. The number of hydrogen-bond donors (Lipinski definition) is 0. The molecule has 3 rings (SSSR count). The van der Waals surface area contributed by atoms with Crippen molar-refractivity contribution in [3.63, 3.8) is 0 Å². The summed E-state index contributed by atoms with van der Waals surface area (Å²) in [7, 11) is 0. The summed E-state index contributed by atoms with van der Waals surface area (Å²) < 4.78 is 1.93. The molecule has 0 N–H and O–H groups in total. The molecule has 0 aromatic carbocycles. The third-order valence-corrected chi connectivity index (χ3v) is 3.97. The van der Waals surface area contributed by atoms with Crippen molar-refractivity contribution in [3.8, 4) is 5.82 Å². The monoisotopic (exact) mass is 300 g/mol. The van der Waals surface area contributed by atoms with Crippen molar-refractivity contribution >= 4 is 11.7 Å². The summed E-state index contributed by atoms with van der Waals surface area (Å²) in [5, 5.41) is 0. The van der Waals surface area contributed by atoms with Crippen LogP contribution in [0.15, 0.2) is 24.8 Å². The minimum atomic E-state index is 0.220. The van der Waals surface area contributed by atoms with E-state index in [9.17, 15) is 4.79 Å². The van der Waals surface area contributed by atoms with Crippen LogP contribution in [0, 0.1) is 6.92 Å². The molecule has 0 radical (unpaired) electrons. The molecular formula is C15H20N6O. The molecule has 2 aromatic heterocycles. The van der Waals surface area contributed by atoms with Gasteiger partial charge in [-0.2, -0.15) is 0 Å². The van der Waals surface area contributed by atoms with Crippen LogP contribution < -0.4 is 4.90 Å². The molecular weight excluding hydrogens is 280 g/mol. The van der Waals surface area contributed by atoms with E-state index in [1.165, 1.54) is 0 Å². The van der Waals surface area contributed by atoms with E-state index >= 15 is 0 Å². The van der Waals surface area contributed by atoms with E-state index in [1.807, 2.05) is 35.6 Å². The van der Waals surface area contributed by atoms with Crippen molar-refractivity contribution in [2.24, 2.45) is 0 Å². The summed E-state index contributed by atoms with van der Waals surface area (Å²) in [6.45, 7) is 6.93. The van der Waals surface area contributed by atoms with Crippen molar-refractivity contribution in [2.75, 3.05) is 31.1 Å². The molecule has 7 heteroatoms. The van der Waals surface area contributed by atoms with Gasteiger partial charge in [-0.05, 0) is 6.92 Å². The lowest BCUT2D eigenvalue weighted by Crippen LogP contribution is -2.48. The lowest BCUT2D eigenvalue weighted by atomic mass is 10.3. The standard InChI is InChI=1S/C15H20N6O/c1-3-15(22)20-8-6-19(7-9-20)13-10-14(18-11-17-13)21-5-4-16-12(21)2/h4-5,10-11H,3,6-9H2,1-2H3. The minimum absolute atomic E-state index is 0.220. The lowest BCUT2D eigenvalue weighted by molar-refractivity contribution is -0.131. The van der Waals surface area contributed by atoms with Gasteiger partial charge in [-0.1, -0.05) is 6.92 Å². The quantitative estimate of drug-likeness (QED) is 0.847. The van der Waals surface area contributed by atoms with Gasteiger partial charge in [-0.15, -0.1) is 0 Å². The van der Waals surface area contributed by atoms with E-state index in [1.54, 1.807) is 12.5 Å². The molecule has 1 aliphatic rings. The van der Waals surface area contributed by atoms with Gasteiger partial charge in [0.1, 0.15) is 23.8 Å². The molecule has 0 bridgehead atoms. The molecule has 3 heterocycles. The van der Waals surface area contributed by atoms with Crippen LogP contribution in [-0.2, 0) is 4.79 Å². The number of rotatable bonds is 3. The van der Waals surface area contributed by atoms with Gasteiger partial charge in [-0.25, -0.2) is 15.0 Å². The van der Waals surface area contributed by atoms with Crippen molar-refractivity contribution in [2.45, 2.75) is 20.3 Å². The number of nitrogens with zero attached hydrogens (tertiary/aromatic N) is 6. The van der Waals surface area contributed by atoms with Crippen molar-refractivity contribution in [1.82, 2.24) is 24.4 Å². The second-order valence-corrected chi connectivity index (χ2v) is 5.30. The Bertz CT molecular complexity index is 660. The average molecular weight is 300 g/mol. The second-order valence-electron chi connectivity index (χ2n) is 5.30. The van der Waals surface area contributed by atoms with Gasteiger partial charge in [0.2, 0.25) is 5.91 Å². The number of carbonyl (C=O) groups excluding carboxylic acids is 1. The number of carbonyl (C=O) groups is 1. The van der Waals surface area contributed by atoms with Crippen molar-refractivity contribution in [1.29, 1.82) is 0 Å². The zero-order valence-electron chi connectivity index (χ0n) is 12.9. The van der Waals surface area contributed by atoms with Gasteiger partial charge in [-0.3, -0.25) is 9.36 Å². The van der Waals surface area contributed by atoms with Gasteiger partial charge >= 0.3 is 0 Å². The van der Waals surface area contributed by atoms with Crippen LogP contribution in [0.3, 0.4) is 0 Å². The Balaban J connectivity index is 1.74. The predicted molar refractivity (Wildman–Crippen MR) is 83.0 cm³/mol. The first kappa shape index (κ1) is 14.5. The molecule has 0 saturated carbocycles. The third-order valence-electron chi connectivity index (χ3n) is 3.97. The molecule has 0 unspecified atom stereocenters. The maximum absolute atomic E-state index is 11.7. The second kappa shape index (κ2) is 6.13. The van der Waals surface area contributed by atoms with Crippen molar-refractivity contribution in [3.05, 3.63) is 30.6 Å². The van der Waals surface area contributed by atoms with E-state index in [0.717, 1.165) is 43.6 Å². The minimum Gasteiger partial charge on any atom is -0.353 e. The Kier molecular flexibility index (Phi) is 4.04. The van der Waals surface area contributed by atoms with Crippen LogP contribution in [0.2, 0.25) is 0 Å². The molecule has 7 nitrogen and oxygen atoms in total. The zero-order valence-corrected chi connectivity index (χ0v) is 12.9.